The summed E-state index contributed by atoms with van der Waals surface area (Å²) >= 11 is 6.39. The summed E-state index contributed by atoms with van der Waals surface area (Å²) in [5.41, 5.74) is 4.66. The second-order valence-electron chi connectivity index (χ2n) is 5.44. The molecule has 0 amide bonds. The van der Waals surface area contributed by atoms with E-state index < -0.39 is 0 Å². The lowest BCUT2D eigenvalue weighted by molar-refractivity contribution is 0.490. The SMILES string of the molecule is CCNC(Cc1ccc(C)cc1Cl)c1cc(C)nn1CC. The maximum atomic E-state index is 6.39. The van der Waals surface area contributed by atoms with Crippen LogP contribution in [0.3, 0.4) is 0 Å². The number of likely N-dealkylation sites (N-methyl/N-ethyl adjacent to an activating group) is 1. The maximum absolute atomic E-state index is 6.39. The van der Waals surface area contributed by atoms with Gasteiger partial charge in [-0.15, -0.1) is 0 Å². The molecule has 1 N–H and O–H groups in total. The standard InChI is InChI=1S/C17H24ClN3/c1-5-19-16(17-10-13(4)20-21(17)6-2)11-14-8-7-12(3)9-15(14)18/h7-10,16,19H,5-6,11H2,1-4H3. The van der Waals surface area contributed by atoms with Gasteiger partial charge >= 0.3 is 0 Å². The monoisotopic (exact) mass is 305 g/mol. The van der Waals surface area contributed by atoms with Gasteiger partial charge in [0.05, 0.1) is 17.4 Å². The van der Waals surface area contributed by atoms with E-state index in [0.29, 0.717) is 0 Å². The zero-order valence-corrected chi connectivity index (χ0v) is 14.0. The van der Waals surface area contributed by atoms with Crippen LogP contribution < -0.4 is 5.32 Å². The van der Waals surface area contributed by atoms with Crippen LogP contribution in [0.4, 0.5) is 0 Å². The Kier molecular flexibility index (Phi) is 5.43. The molecule has 0 saturated heterocycles. The molecular weight excluding hydrogens is 282 g/mol. The minimum atomic E-state index is 0.233. The molecule has 1 unspecified atom stereocenters. The zero-order chi connectivity index (χ0) is 15.4. The Morgan fingerprint density at radius 1 is 1.24 bits per heavy atom. The van der Waals surface area contributed by atoms with Crippen molar-refractivity contribution in [3.05, 3.63) is 51.8 Å². The average Bonchev–Trinajstić information content (AvgIpc) is 2.82. The van der Waals surface area contributed by atoms with Gasteiger partial charge < -0.3 is 5.32 Å². The minimum Gasteiger partial charge on any atom is -0.309 e. The number of hydrogen-bond donors (Lipinski definition) is 1. The number of nitrogens with zero attached hydrogens (tertiary/aromatic N) is 2. The van der Waals surface area contributed by atoms with Crippen molar-refractivity contribution in [2.45, 2.75) is 46.7 Å². The van der Waals surface area contributed by atoms with Crippen molar-refractivity contribution in [2.75, 3.05) is 6.54 Å². The quantitative estimate of drug-likeness (QED) is 0.872. The van der Waals surface area contributed by atoms with E-state index in [1.807, 2.05) is 13.0 Å². The van der Waals surface area contributed by atoms with Crippen LogP contribution in [0.2, 0.25) is 5.02 Å². The molecule has 1 aromatic heterocycles. The van der Waals surface area contributed by atoms with Crippen LogP contribution in [0.25, 0.3) is 0 Å². The van der Waals surface area contributed by atoms with E-state index in [1.165, 1.54) is 16.8 Å². The molecule has 0 saturated carbocycles. The van der Waals surface area contributed by atoms with E-state index >= 15 is 0 Å². The first-order valence-corrected chi connectivity index (χ1v) is 7.95. The average molecular weight is 306 g/mol. The Balaban J connectivity index is 2.30. The summed E-state index contributed by atoms with van der Waals surface area (Å²) in [4.78, 5) is 0. The maximum Gasteiger partial charge on any atom is 0.0597 e. The number of hydrogen-bond acceptors (Lipinski definition) is 2. The first-order valence-electron chi connectivity index (χ1n) is 7.57. The van der Waals surface area contributed by atoms with Gasteiger partial charge in [-0.05, 0) is 57.0 Å². The van der Waals surface area contributed by atoms with Crippen LogP contribution >= 0.6 is 11.6 Å². The van der Waals surface area contributed by atoms with Crippen molar-refractivity contribution in [2.24, 2.45) is 0 Å². The van der Waals surface area contributed by atoms with Gasteiger partial charge in [-0.1, -0.05) is 30.7 Å². The molecule has 2 rings (SSSR count). The summed E-state index contributed by atoms with van der Waals surface area (Å²) in [7, 11) is 0. The fourth-order valence-electron chi connectivity index (χ4n) is 2.66. The Bertz CT molecular complexity index is 604. The van der Waals surface area contributed by atoms with Gasteiger partial charge in [0.2, 0.25) is 0 Å². The molecule has 1 heterocycles. The molecule has 1 atom stereocenters. The van der Waals surface area contributed by atoms with Crippen molar-refractivity contribution in [1.29, 1.82) is 0 Å². The van der Waals surface area contributed by atoms with Crippen molar-refractivity contribution < 1.29 is 0 Å². The van der Waals surface area contributed by atoms with Gasteiger partial charge in [0.15, 0.2) is 0 Å². The number of rotatable bonds is 6. The largest absolute Gasteiger partial charge is 0.309 e. The summed E-state index contributed by atoms with van der Waals surface area (Å²) in [5, 5.41) is 8.96. The second-order valence-corrected chi connectivity index (χ2v) is 5.84. The summed E-state index contributed by atoms with van der Waals surface area (Å²) in [6.45, 7) is 10.2. The predicted molar refractivity (Wildman–Crippen MR) is 88.9 cm³/mol. The Morgan fingerprint density at radius 2 is 2.00 bits per heavy atom. The highest BCUT2D eigenvalue weighted by Crippen LogP contribution is 2.25. The lowest BCUT2D eigenvalue weighted by Crippen LogP contribution is -2.25. The van der Waals surface area contributed by atoms with Gasteiger partial charge in [0.1, 0.15) is 0 Å². The van der Waals surface area contributed by atoms with E-state index in [2.05, 4.69) is 54.1 Å². The Labute approximate surface area is 132 Å². The molecule has 0 spiro atoms. The molecule has 3 nitrogen and oxygen atoms in total. The summed E-state index contributed by atoms with van der Waals surface area (Å²) < 4.78 is 2.07. The highest BCUT2D eigenvalue weighted by atomic mass is 35.5. The topological polar surface area (TPSA) is 29.9 Å². The third-order valence-corrected chi connectivity index (χ3v) is 4.02. The number of nitrogens with one attached hydrogen (secondary N) is 1. The number of aromatic nitrogens is 2. The van der Waals surface area contributed by atoms with Crippen molar-refractivity contribution in [1.82, 2.24) is 15.1 Å². The van der Waals surface area contributed by atoms with Crippen molar-refractivity contribution in [3.8, 4) is 0 Å². The molecule has 114 valence electrons. The lowest BCUT2D eigenvalue weighted by Gasteiger charge is -2.20. The van der Waals surface area contributed by atoms with Crippen LogP contribution in [0.15, 0.2) is 24.3 Å². The molecule has 0 aliphatic carbocycles. The summed E-state index contributed by atoms with van der Waals surface area (Å²) in [5.74, 6) is 0. The van der Waals surface area contributed by atoms with Crippen LogP contribution in [-0.4, -0.2) is 16.3 Å². The molecule has 0 aliphatic rings. The Hall–Kier alpha value is -1.32. The predicted octanol–water partition coefficient (Wildman–Crippen LogP) is 4.07. The van der Waals surface area contributed by atoms with Crippen LogP contribution in [0.1, 0.15) is 42.4 Å². The van der Waals surface area contributed by atoms with Gasteiger partial charge in [-0.25, -0.2) is 0 Å². The first kappa shape index (κ1) is 16.1. The normalized spacial score (nSPS) is 12.6. The van der Waals surface area contributed by atoms with Gasteiger partial charge in [-0.2, -0.15) is 5.10 Å². The summed E-state index contributed by atoms with van der Waals surface area (Å²) in [6, 6.07) is 8.67. The molecular formula is C17H24ClN3. The smallest absolute Gasteiger partial charge is 0.0597 e. The minimum absolute atomic E-state index is 0.233. The van der Waals surface area contributed by atoms with E-state index in [0.717, 1.165) is 30.2 Å². The van der Waals surface area contributed by atoms with Crippen LogP contribution in [0.5, 0.6) is 0 Å². The Morgan fingerprint density at radius 3 is 2.62 bits per heavy atom. The fourth-order valence-corrected chi connectivity index (χ4v) is 2.98. The molecule has 0 fully saturated rings. The molecule has 4 heteroatoms. The van der Waals surface area contributed by atoms with Crippen LogP contribution in [-0.2, 0) is 13.0 Å². The lowest BCUT2D eigenvalue weighted by atomic mass is 10.0. The molecule has 0 radical (unpaired) electrons. The molecule has 21 heavy (non-hydrogen) atoms. The second kappa shape index (κ2) is 7.10. The molecule has 0 bridgehead atoms. The molecule has 0 aliphatic heterocycles. The third kappa shape index (κ3) is 3.86. The van der Waals surface area contributed by atoms with E-state index in [4.69, 9.17) is 11.6 Å². The molecule has 2 aromatic rings. The molecule has 1 aromatic carbocycles. The van der Waals surface area contributed by atoms with Gasteiger partial charge in [0, 0.05) is 11.6 Å². The van der Waals surface area contributed by atoms with E-state index in [9.17, 15) is 0 Å². The van der Waals surface area contributed by atoms with Crippen molar-refractivity contribution >= 4 is 11.6 Å². The number of halogens is 1. The van der Waals surface area contributed by atoms with E-state index in [1.54, 1.807) is 0 Å². The zero-order valence-electron chi connectivity index (χ0n) is 13.3. The highest BCUT2D eigenvalue weighted by molar-refractivity contribution is 6.31. The number of aryl methyl sites for hydroxylation is 3. The van der Waals surface area contributed by atoms with Gasteiger partial charge in [-0.3, -0.25) is 4.68 Å². The van der Waals surface area contributed by atoms with Gasteiger partial charge in [0.25, 0.3) is 0 Å². The summed E-state index contributed by atoms with van der Waals surface area (Å²) in [6.07, 6.45) is 0.873. The van der Waals surface area contributed by atoms with E-state index in [-0.39, 0.29) is 6.04 Å². The van der Waals surface area contributed by atoms with Crippen molar-refractivity contribution in [3.63, 3.8) is 0 Å². The third-order valence-electron chi connectivity index (χ3n) is 3.67. The van der Waals surface area contributed by atoms with Crippen LogP contribution in [0, 0.1) is 13.8 Å². The number of benzene rings is 1. The highest BCUT2D eigenvalue weighted by Gasteiger charge is 2.18. The fraction of sp³-hybridized carbons (Fsp3) is 0.471. The first-order chi connectivity index (χ1) is 10.0.